The van der Waals surface area contributed by atoms with Crippen molar-refractivity contribution < 1.29 is 4.79 Å². The summed E-state index contributed by atoms with van der Waals surface area (Å²) in [7, 11) is 0. The molecule has 0 spiro atoms. The largest absolute Gasteiger partial charge is 0.350 e. The van der Waals surface area contributed by atoms with Crippen molar-refractivity contribution in [3.8, 4) is 0 Å². The molecule has 2 aromatic carbocycles. The number of aryl methyl sites for hydroxylation is 1. The molecule has 1 heterocycles. The quantitative estimate of drug-likeness (QED) is 0.774. The summed E-state index contributed by atoms with van der Waals surface area (Å²) in [6.07, 6.45) is 0. The normalized spacial score (nSPS) is 10.7. The topological polar surface area (TPSA) is 42.0 Å². The van der Waals surface area contributed by atoms with Crippen LogP contribution in [0.4, 0.5) is 0 Å². The van der Waals surface area contributed by atoms with Gasteiger partial charge in [-0.2, -0.15) is 0 Å². The molecule has 3 rings (SSSR count). The van der Waals surface area contributed by atoms with E-state index in [1.54, 1.807) is 11.3 Å². The molecule has 0 bridgehead atoms. The smallest absolute Gasteiger partial charge is 0.232 e. The fraction of sp³-hybridized carbons (Fsp3) is 0.158. The lowest BCUT2D eigenvalue weighted by Crippen LogP contribution is -2.29. The molecule has 0 atom stereocenters. The number of hydrogen-bond acceptors (Lipinski definition) is 3. The van der Waals surface area contributed by atoms with E-state index in [0.29, 0.717) is 6.54 Å². The number of carbonyl (C=O) groups is 1. The predicted molar refractivity (Wildman–Crippen MR) is 93.4 cm³/mol. The first-order valence-electron chi connectivity index (χ1n) is 7.52. The third-order valence-electron chi connectivity index (χ3n) is 3.64. The number of thiazole rings is 1. The lowest BCUT2D eigenvalue weighted by atomic mass is 9.90. The minimum atomic E-state index is -0.308. The highest BCUT2D eigenvalue weighted by molar-refractivity contribution is 7.09. The zero-order valence-electron chi connectivity index (χ0n) is 12.9. The van der Waals surface area contributed by atoms with E-state index in [4.69, 9.17) is 0 Å². The van der Waals surface area contributed by atoms with Crippen LogP contribution in [0.15, 0.2) is 66.0 Å². The molecule has 0 saturated heterocycles. The van der Waals surface area contributed by atoms with E-state index in [0.717, 1.165) is 21.8 Å². The first-order chi connectivity index (χ1) is 11.2. The zero-order chi connectivity index (χ0) is 16.1. The molecule has 23 heavy (non-hydrogen) atoms. The fourth-order valence-corrected chi connectivity index (χ4v) is 3.17. The van der Waals surface area contributed by atoms with Crippen LogP contribution in [0.3, 0.4) is 0 Å². The second-order valence-corrected chi connectivity index (χ2v) is 6.39. The highest BCUT2D eigenvalue weighted by Gasteiger charge is 2.22. The molecule has 0 aliphatic carbocycles. The van der Waals surface area contributed by atoms with Crippen LogP contribution in [0.1, 0.15) is 27.7 Å². The van der Waals surface area contributed by atoms with Crippen molar-refractivity contribution in [2.24, 2.45) is 0 Å². The van der Waals surface area contributed by atoms with Gasteiger partial charge in [0, 0.05) is 5.38 Å². The molecular weight excluding hydrogens is 304 g/mol. The average molecular weight is 322 g/mol. The van der Waals surface area contributed by atoms with Crippen molar-refractivity contribution in [1.29, 1.82) is 0 Å². The SMILES string of the molecule is Cc1nc(CNC(=O)C(c2ccccc2)c2ccccc2)cs1. The van der Waals surface area contributed by atoms with Crippen LogP contribution in [-0.2, 0) is 11.3 Å². The van der Waals surface area contributed by atoms with Gasteiger partial charge in [-0.25, -0.2) is 4.98 Å². The Balaban J connectivity index is 1.82. The van der Waals surface area contributed by atoms with E-state index in [-0.39, 0.29) is 11.8 Å². The first kappa shape index (κ1) is 15.4. The van der Waals surface area contributed by atoms with Gasteiger partial charge in [0.25, 0.3) is 0 Å². The van der Waals surface area contributed by atoms with Gasteiger partial charge in [0.1, 0.15) is 0 Å². The fourth-order valence-electron chi connectivity index (χ4n) is 2.56. The van der Waals surface area contributed by atoms with Crippen molar-refractivity contribution in [2.45, 2.75) is 19.4 Å². The Morgan fingerprint density at radius 1 is 1.04 bits per heavy atom. The molecule has 0 aliphatic rings. The molecule has 1 N–H and O–H groups in total. The molecule has 116 valence electrons. The van der Waals surface area contributed by atoms with Gasteiger partial charge in [0.05, 0.1) is 23.2 Å². The molecule has 0 unspecified atom stereocenters. The summed E-state index contributed by atoms with van der Waals surface area (Å²) in [6.45, 7) is 2.42. The average Bonchev–Trinajstić information content (AvgIpc) is 3.01. The van der Waals surface area contributed by atoms with Crippen LogP contribution in [0.25, 0.3) is 0 Å². The third kappa shape index (κ3) is 3.85. The van der Waals surface area contributed by atoms with Crippen LogP contribution >= 0.6 is 11.3 Å². The second kappa shape index (κ2) is 7.20. The number of nitrogens with one attached hydrogen (secondary N) is 1. The van der Waals surface area contributed by atoms with E-state index < -0.39 is 0 Å². The molecule has 3 nitrogen and oxygen atoms in total. The summed E-state index contributed by atoms with van der Waals surface area (Å²) in [5.74, 6) is -0.315. The Hall–Kier alpha value is -2.46. The standard InChI is InChI=1S/C19H18N2OS/c1-14-21-17(13-23-14)12-20-19(22)18(15-8-4-2-5-9-15)16-10-6-3-7-11-16/h2-11,13,18H,12H2,1H3,(H,20,22). The van der Waals surface area contributed by atoms with Gasteiger partial charge >= 0.3 is 0 Å². The van der Waals surface area contributed by atoms with Gasteiger partial charge < -0.3 is 5.32 Å². The summed E-state index contributed by atoms with van der Waals surface area (Å²) in [6, 6.07) is 19.7. The maximum atomic E-state index is 12.8. The minimum absolute atomic E-state index is 0.00643. The number of carbonyl (C=O) groups excluding carboxylic acids is 1. The molecule has 1 amide bonds. The number of benzene rings is 2. The van der Waals surface area contributed by atoms with Crippen LogP contribution in [0.5, 0.6) is 0 Å². The summed E-state index contributed by atoms with van der Waals surface area (Å²) < 4.78 is 0. The predicted octanol–water partition coefficient (Wildman–Crippen LogP) is 3.90. The molecule has 0 saturated carbocycles. The lowest BCUT2D eigenvalue weighted by Gasteiger charge is -2.17. The Bertz CT molecular complexity index is 729. The van der Waals surface area contributed by atoms with E-state index >= 15 is 0 Å². The molecule has 0 fully saturated rings. The number of amides is 1. The summed E-state index contributed by atoms with van der Waals surface area (Å²) in [5, 5.41) is 6.01. The summed E-state index contributed by atoms with van der Waals surface area (Å²) in [5.41, 5.74) is 2.89. The van der Waals surface area contributed by atoms with Crippen molar-refractivity contribution in [2.75, 3.05) is 0 Å². The Morgan fingerprint density at radius 2 is 1.61 bits per heavy atom. The van der Waals surface area contributed by atoms with Gasteiger partial charge in [-0.3, -0.25) is 4.79 Å². The van der Waals surface area contributed by atoms with Crippen molar-refractivity contribution >= 4 is 17.2 Å². The third-order valence-corrected chi connectivity index (χ3v) is 4.46. The second-order valence-electron chi connectivity index (χ2n) is 5.33. The Morgan fingerprint density at radius 3 is 2.09 bits per heavy atom. The van der Waals surface area contributed by atoms with Gasteiger partial charge in [-0.1, -0.05) is 60.7 Å². The Labute approximate surface area is 140 Å². The molecule has 4 heteroatoms. The van der Waals surface area contributed by atoms with Gasteiger partial charge in [0.2, 0.25) is 5.91 Å². The number of aromatic nitrogens is 1. The summed E-state index contributed by atoms with van der Waals surface area (Å²) >= 11 is 1.59. The van der Waals surface area contributed by atoms with Crippen molar-refractivity contribution in [1.82, 2.24) is 10.3 Å². The highest BCUT2D eigenvalue weighted by Crippen LogP contribution is 2.24. The molecule has 1 aromatic heterocycles. The monoisotopic (exact) mass is 322 g/mol. The van der Waals surface area contributed by atoms with E-state index in [1.165, 1.54) is 0 Å². The Kier molecular flexibility index (Phi) is 4.83. The first-order valence-corrected chi connectivity index (χ1v) is 8.40. The maximum absolute atomic E-state index is 12.8. The van der Waals surface area contributed by atoms with E-state index in [2.05, 4.69) is 10.3 Å². The molecule has 0 aliphatic heterocycles. The van der Waals surface area contributed by atoms with Gasteiger partial charge in [-0.15, -0.1) is 11.3 Å². The molecular formula is C19H18N2OS. The molecule has 0 radical (unpaired) electrons. The van der Waals surface area contributed by atoms with E-state index in [9.17, 15) is 4.79 Å². The van der Waals surface area contributed by atoms with Crippen LogP contribution < -0.4 is 5.32 Å². The molecule has 3 aromatic rings. The number of rotatable bonds is 5. The van der Waals surface area contributed by atoms with Gasteiger partial charge in [0.15, 0.2) is 0 Å². The lowest BCUT2D eigenvalue weighted by molar-refractivity contribution is -0.121. The number of hydrogen-bond donors (Lipinski definition) is 1. The van der Waals surface area contributed by atoms with E-state index in [1.807, 2.05) is 73.0 Å². The van der Waals surface area contributed by atoms with Crippen molar-refractivity contribution in [3.05, 3.63) is 87.9 Å². The van der Waals surface area contributed by atoms with Crippen molar-refractivity contribution in [3.63, 3.8) is 0 Å². The zero-order valence-corrected chi connectivity index (χ0v) is 13.7. The van der Waals surface area contributed by atoms with Crippen LogP contribution in [0.2, 0.25) is 0 Å². The summed E-state index contributed by atoms with van der Waals surface area (Å²) in [4.78, 5) is 17.2. The highest BCUT2D eigenvalue weighted by atomic mass is 32.1. The maximum Gasteiger partial charge on any atom is 0.232 e. The van der Waals surface area contributed by atoms with Crippen LogP contribution in [-0.4, -0.2) is 10.9 Å². The van der Waals surface area contributed by atoms with Crippen LogP contribution in [0, 0.1) is 6.92 Å². The van der Waals surface area contributed by atoms with Gasteiger partial charge in [-0.05, 0) is 18.1 Å². The minimum Gasteiger partial charge on any atom is -0.350 e. The number of nitrogens with zero attached hydrogens (tertiary/aromatic N) is 1.